The second-order valence-electron chi connectivity index (χ2n) is 3.29. The topological polar surface area (TPSA) is 71.4 Å². The van der Waals surface area contributed by atoms with Crippen molar-refractivity contribution in [1.29, 1.82) is 0 Å². The molecule has 0 bridgehead atoms. The van der Waals surface area contributed by atoms with Gasteiger partial charge in [0, 0.05) is 18.4 Å². The van der Waals surface area contributed by atoms with Crippen LogP contribution in [0.3, 0.4) is 0 Å². The number of hydrogen-bond acceptors (Lipinski definition) is 3. The highest BCUT2D eigenvalue weighted by atomic mass is 32.2. The van der Waals surface area contributed by atoms with Crippen LogP contribution in [0.2, 0.25) is 0 Å². The zero-order chi connectivity index (χ0) is 12.0. The molecule has 0 saturated heterocycles. The normalized spacial score (nSPS) is 12.1. The molecule has 0 amide bonds. The van der Waals surface area contributed by atoms with Gasteiger partial charge in [0.05, 0.1) is 5.75 Å². The Morgan fingerprint density at radius 3 is 2.44 bits per heavy atom. The number of benzene rings is 1. The molecule has 0 aliphatic carbocycles. The van der Waals surface area contributed by atoms with Crippen LogP contribution in [0, 0.1) is 0 Å². The minimum Gasteiger partial charge on any atom is -0.306 e. The third-order valence-corrected chi connectivity index (χ3v) is 2.64. The van der Waals surface area contributed by atoms with Crippen LogP contribution in [-0.4, -0.2) is 20.8 Å². The van der Waals surface area contributed by atoms with E-state index in [1.165, 1.54) is 0 Å². The van der Waals surface area contributed by atoms with Crippen LogP contribution >= 0.6 is 0 Å². The van der Waals surface area contributed by atoms with E-state index in [9.17, 15) is 13.8 Å². The molecule has 5 heteroatoms. The van der Waals surface area contributed by atoms with E-state index in [-0.39, 0.29) is 24.4 Å². The van der Waals surface area contributed by atoms with Gasteiger partial charge in [0.2, 0.25) is 0 Å². The van der Waals surface area contributed by atoms with E-state index in [1.807, 2.05) is 0 Å². The summed E-state index contributed by atoms with van der Waals surface area (Å²) in [4.78, 5) is 21.6. The Hall–Kier alpha value is -1.33. The van der Waals surface area contributed by atoms with Crippen molar-refractivity contribution < 1.29 is 18.4 Å². The first-order valence-corrected chi connectivity index (χ1v) is 6.04. The maximum Gasteiger partial charge on any atom is 0.163 e. The molecule has 0 aliphatic rings. The third-order valence-electron chi connectivity index (χ3n) is 2.06. The van der Waals surface area contributed by atoms with Gasteiger partial charge >= 0.3 is 0 Å². The van der Waals surface area contributed by atoms with Crippen molar-refractivity contribution in [3.05, 3.63) is 35.4 Å². The molecule has 1 unspecified atom stereocenters. The lowest BCUT2D eigenvalue weighted by atomic mass is 10.1. The van der Waals surface area contributed by atoms with Crippen molar-refractivity contribution in [2.75, 3.05) is 0 Å². The highest BCUT2D eigenvalue weighted by Gasteiger charge is 2.05. The van der Waals surface area contributed by atoms with Crippen molar-refractivity contribution in [3.63, 3.8) is 0 Å². The first-order valence-electron chi connectivity index (χ1n) is 4.76. The summed E-state index contributed by atoms with van der Waals surface area (Å²) >= 11 is -1.87. The van der Waals surface area contributed by atoms with Crippen LogP contribution in [0.25, 0.3) is 0 Å². The molecule has 0 aliphatic heterocycles. The SMILES string of the molecule is O=CCCC(=O)c1ccc(CS(=O)O)cc1. The number of carbonyl (C=O) groups excluding carboxylic acids is 2. The highest BCUT2D eigenvalue weighted by molar-refractivity contribution is 7.78. The Morgan fingerprint density at radius 2 is 1.94 bits per heavy atom. The molecular formula is C11H12O4S. The zero-order valence-corrected chi connectivity index (χ0v) is 9.40. The molecular weight excluding hydrogens is 228 g/mol. The fourth-order valence-electron chi connectivity index (χ4n) is 1.26. The van der Waals surface area contributed by atoms with Crippen LogP contribution in [0.4, 0.5) is 0 Å². The van der Waals surface area contributed by atoms with E-state index in [2.05, 4.69) is 0 Å². The summed E-state index contributed by atoms with van der Waals surface area (Å²) in [6, 6.07) is 6.50. The molecule has 4 nitrogen and oxygen atoms in total. The van der Waals surface area contributed by atoms with E-state index < -0.39 is 11.1 Å². The van der Waals surface area contributed by atoms with Gasteiger partial charge < -0.3 is 9.35 Å². The van der Waals surface area contributed by atoms with Crippen LogP contribution in [-0.2, 0) is 21.6 Å². The molecule has 16 heavy (non-hydrogen) atoms. The van der Waals surface area contributed by atoms with Crippen LogP contribution in [0.1, 0.15) is 28.8 Å². The zero-order valence-electron chi connectivity index (χ0n) is 8.59. The summed E-state index contributed by atoms with van der Waals surface area (Å²) < 4.78 is 19.2. The fourth-order valence-corrected chi connectivity index (χ4v) is 1.74. The number of aldehydes is 1. The monoisotopic (exact) mass is 240 g/mol. The van der Waals surface area contributed by atoms with Gasteiger partial charge in [-0.05, 0) is 5.56 Å². The molecule has 1 aromatic carbocycles. The lowest BCUT2D eigenvalue weighted by molar-refractivity contribution is -0.107. The van der Waals surface area contributed by atoms with Crippen molar-refractivity contribution in [1.82, 2.24) is 0 Å². The molecule has 1 aromatic rings. The second kappa shape index (κ2) is 6.30. The Kier molecular flexibility index (Phi) is 5.01. The molecule has 0 fully saturated rings. The maximum absolute atomic E-state index is 11.5. The van der Waals surface area contributed by atoms with Crippen LogP contribution in [0.5, 0.6) is 0 Å². The van der Waals surface area contributed by atoms with Gasteiger partial charge in [-0.2, -0.15) is 0 Å². The first-order chi connectivity index (χ1) is 7.63. The summed E-state index contributed by atoms with van der Waals surface area (Å²) in [5, 5.41) is 0. The minimum atomic E-state index is -1.87. The fraction of sp³-hybridized carbons (Fsp3) is 0.273. The van der Waals surface area contributed by atoms with E-state index >= 15 is 0 Å². The molecule has 1 atom stereocenters. The number of ketones is 1. The molecule has 86 valence electrons. The first kappa shape index (κ1) is 12.7. The van der Waals surface area contributed by atoms with E-state index in [1.54, 1.807) is 24.3 Å². The smallest absolute Gasteiger partial charge is 0.163 e. The Morgan fingerprint density at radius 1 is 1.31 bits per heavy atom. The van der Waals surface area contributed by atoms with Crippen molar-refractivity contribution >= 4 is 23.1 Å². The summed E-state index contributed by atoms with van der Waals surface area (Å²) in [6.45, 7) is 0. The standard InChI is InChI=1S/C11H12O4S/c12-7-1-2-11(13)10-5-3-9(4-6-10)8-16(14)15/h3-7H,1-2,8H2,(H,14,15). The van der Waals surface area contributed by atoms with Gasteiger partial charge in [-0.15, -0.1) is 0 Å². The van der Waals surface area contributed by atoms with Gasteiger partial charge in [-0.1, -0.05) is 24.3 Å². The Balaban J connectivity index is 2.66. The van der Waals surface area contributed by atoms with Crippen molar-refractivity contribution in [2.24, 2.45) is 0 Å². The molecule has 1 N–H and O–H groups in total. The average molecular weight is 240 g/mol. The highest BCUT2D eigenvalue weighted by Crippen LogP contribution is 2.09. The number of Topliss-reactive ketones (excluding diaryl/α,β-unsaturated/α-hetero) is 1. The largest absolute Gasteiger partial charge is 0.306 e. The second-order valence-corrected chi connectivity index (χ2v) is 4.22. The maximum atomic E-state index is 11.5. The van der Waals surface area contributed by atoms with E-state index in [0.717, 1.165) is 0 Å². The summed E-state index contributed by atoms with van der Waals surface area (Å²) in [7, 11) is 0. The Bertz CT molecular complexity index is 397. The molecule has 0 spiro atoms. The molecule has 0 saturated carbocycles. The quantitative estimate of drug-likeness (QED) is 0.465. The van der Waals surface area contributed by atoms with Gasteiger partial charge in [-0.3, -0.25) is 4.79 Å². The number of carbonyl (C=O) groups is 2. The van der Waals surface area contributed by atoms with Crippen LogP contribution < -0.4 is 0 Å². The molecule has 0 radical (unpaired) electrons. The summed E-state index contributed by atoms with van der Waals surface area (Å²) in [5.41, 5.74) is 1.22. The van der Waals surface area contributed by atoms with Gasteiger partial charge in [-0.25, -0.2) is 4.21 Å². The molecule has 1 rings (SSSR count). The van der Waals surface area contributed by atoms with E-state index in [0.29, 0.717) is 17.4 Å². The van der Waals surface area contributed by atoms with Crippen molar-refractivity contribution in [3.8, 4) is 0 Å². The lowest BCUT2D eigenvalue weighted by Gasteiger charge is -2.01. The Labute approximate surface area is 96.0 Å². The molecule has 0 heterocycles. The summed E-state index contributed by atoms with van der Waals surface area (Å²) in [5.74, 6) is -0.0354. The minimum absolute atomic E-state index is 0.0583. The van der Waals surface area contributed by atoms with Crippen molar-refractivity contribution in [2.45, 2.75) is 18.6 Å². The predicted octanol–water partition coefficient (Wildman–Crippen LogP) is 1.57. The predicted molar refractivity (Wildman–Crippen MR) is 60.5 cm³/mol. The summed E-state index contributed by atoms with van der Waals surface area (Å²) in [6.07, 6.45) is 1.14. The average Bonchev–Trinajstić information content (AvgIpc) is 2.26. The van der Waals surface area contributed by atoms with Crippen LogP contribution in [0.15, 0.2) is 24.3 Å². The lowest BCUT2D eigenvalue weighted by Crippen LogP contribution is -2.00. The van der Waals surface area contributed by atoms with Gasteiger partial charge in [0.1, 0.15) is 6.29 Å². The third kappa shape index (κ3) is 4.04. The van der Waals surface area contributed by atoms with E-state index in [4.69, 9.17) is 4.55 Å². The number of rotatable bonds is 6. The molecule has 0 aromatic heterocycles. The van der Waals surface area contributed by atoms with Gasteiger partial charge in [0.15, 0.2) is 16.9 Å². The van der Waals surface area contributed by atoms with Gasteiger partial charge in [0.25, 0.3) is 0 Å². The number of hydrogen-bond donors (Lipinski definition) is 1.